The molecule has 1 aliphatic carbocycles. The van der Waals surface area contributed by atoms with E-state index in [-0.39, 0.29) is 10.7 Å². The number of aromatic nitrogens is 1. The zero-order valence-corrected chi connectivity index (χ0v) is 12.1. The first-order chi connectivity index (χ1) is 9.65. The fourth-order valence-electron chi connectivity index (χ4n) is 3.66. The van der Waals surface area contributed by atoms with Crippen LogP contribution >= 0.6 is 11.6 Å². The summed E-state index contributed by atoms with van der Waals surface area (Å²) in [5.41, 5.74) is 0.220. The van der Waals surface area contributed by atoms with Gasteiger partial charge in [0.25, 0.3) is 0 Å². The Bertz CT molecular complexity index is 515. The van der Waals surface area contributed by atoms with E-state index in [9.17, 15) is 4.79 Å². The highest BCUT2D eigenvalue weighted by molar-refractivity contribution is 6.29. The van der Waals surface area contributed by atoms with Crippen LogP contribution in [-0.4, -0.2) is 28.6 Å². The third-order valence-electron chi connectivity index (χ3n) is 4.57. The Morgan fingerprint density at radius 2 is 2.00 bits per heavy atom. The lowest BCUT2D eigenvalue weighted by Crippen LogP contribution is -2.35. The first kappa shape index (κ1) is 13.7. The number of hydrogen-bond donors (Lipinski definition) is 1. The fraction of sp³-hybridized carbons (Fsp3) is 0.600. The fourth-order valence-corrected chi connectivity index (χ4v) is 3.87. The number of hydrogen-bond acceptors (Lipinski definition) is 3. The summed E-state index contributed by atoms with van der Waals surface area (Å²) in [6.45, 7) is 0.952. The van der Waals surface area contributed by atoms with Gasteiger partial charge in [-0.2, -0.15) is 0 Å². The summed E-state index contributed by atoms with van der Waals surface area (Å²) in [6, 6.07) is 3.57. The summed E-state index contributed by atoms with van der Waals surface area (Å²) in [5.74, 6) is 0.503. The first-order valence-corrected chi connectivity index (χ1v) is 7.70. The summed E-state index contributed by atoms with van der Waals surface area (Å²) in [4.78, 5) is 17.8. The molecule has 4 nitrogen and oxygen atoms in total. The van der Waals surface area contributed by atoms with E-state index in [1.807, 2.05) is 0 Å². The smallest absolute Gasteiger partial charge is 0.335 e. The predicted molar refractivity (Wildman–Crippen MR) is 78.5 cm³/mol. The molecule has 1 unspecified atom stereocenters. The van der Waals surface area contributed by atoms with Gasteiger partial charge in [-0.25, -0.2) is 9.78 Å². The molecular formula is C15H19ClN2O2. The van der Waals surface area contributed by atoms with E-state index in [1.165, 1.54) is 38.2 Å². The third kappa shape index (κ3) is 2.62. The predicted octanol–water partition coefficient (Wildman–Crippen LogP) is 3.59. The number of carbonyl (C=O) groups is 1. The van der Waals surface area contributed by atoms with Gasteiger partial charge in [-0.1, -0.05) is 24.4 Å². The summed E-state index contributed by atoms with van der Waals surface area (Å²) < 4.78 is 0. The number of aromatic carboxylic acids is 1. The van der Waals surface area contributed by atoms with Crippen LogP contribution in [0.1, 0.15) is 48.9 Å². The van der Waals surface area contributed by atoms with Crippen LogP contribution in [0.15, 0.2) is 12.1 Å². The molecule has 5 heteroatoms. The van der Waals surface area contributed by atoms with Crippen molar-refractivity contribution in [1.82, 2.24) is 4.98 Å². The quantitative estimate of drug-likeness (QED) is 0.866. The van der Waals surface area contributed by atoms with Gasteiger partial charge in [0.15, 0.2) is 0 Å². The lowest BCUT2D eigenvalue weighted by atomic mass is 9.96. The number of carboxylic acids is 1. The monoisotopic (exact) mass is 294 g/mol. The average Bonchev–Trinajstić information content (AvgIpc) is 3.08. The number of pyridine rings is 1. The molecule has 1 atom stereocenters. The van der Waals surface area contributed by atoms with Gasteiger partial charge in [0.05, 0.1) is 5.56 Å². The Morgan fingerprint density at radius 3 is 2.70 bits per heavy atom. The van der Waals surface area contributed by atoms with E-state index < -0.39 is 5.97 Å². The minimum atomic E-state index is -0.952. The maximum absolute atomic E-state index is 11.2. The number of carboxylic acid groups (broad SMARTS) is 1. The highest BCUT2D eigenvalue weighted by atomic mass is 35.5. The maximum atomic E-state index is 11.2. The molecule has 0 spiro atoms. The Morgan fingerprint density at radius 1 is 1.25 bits per heavy atom. The largest absolute Gasteiger partial charge is 0.478 e. The molecule has 108 valence electrons. The molecule has 1 aliphatic heterocycles. The Balaban J connectivity index is 1.88. The number of nitrogens with zero attached hydrogens (tertiary/aromatic N) is 2. The Kier molecular flexibility index (Phi) is 3.83. The summed E-state index contributed by atoms with van der Waals surface area (Å²) in [6.07, 6.45) is 7.54. The SMILES string of the molecule is O=C(O)c1cc(Cl)nc(N2CCCC2C2CCCC2)c1. The molecule has 0 radical (unpaired) electrons. The average molecular weight is 295 g/mol. The van der Waals surface area contributed by atoms with Crippen LogP contribution in [0.5, 0.6) is 0 Å². The van der Waals surface area contributed by atoms with Crippen molar-refractivity contribution in [3.8, 4) is 0 Å². The van der Waals surface area contributed by atoms with Crippen molar-refractivity contribution in [3.63, 3.8) is 0 Å². The normalized spacial score (nSPS) is 23.4. The Hall–Kier alpha value is -1.29. The van der Waals surface area contributed by atoms with Crippen molar-refractivity contribution < 1.29 is 9.90 Å². The van der Waals surface area contributed by atoms with Crippen LogP contribution in [0.25, 0.3) is 0 Å². The number of halogens is 1. The van der Waals surface area contributed by atoms with Crippen molar-refractivity contribution in [2.45, 2.75) is 44.6 Å². The van der Waals surface area contributed by atoms with Crippen LogP contribution in [0, 0.1) is 5.92 Å². The molecule has 1 aromatic heterocycles. The van der Waals surface area contributed by atoms with E-state index in [0.29, 0.717) is 6.04 Å². The van der Waals surface area contributed by atoms with Crippen LogP contribution in [0.2, 0.25) is 5.15 Å². The van der Waals surface area contributed by atoms with Gasteiger partial charge in [0.1, 0.15) is 11.0 Å². The third-order valence-corrected chi connectivity index (χ3v) is 4.76. The lowest BCUT2D eigenvalue weighted by Gasteiger charge is -2.30. The van der Waals surface area contributed by atoms with Crippen molar-refractivity contribution in [1.29, 1.82) is 0 Å². The molecule has 2 heterocycles. The lowest BCUT2D eigenvalue weighted by molar-refractivity contribution is 0.0697. The minimum absolute atomic E-state index is 0.220. The second-order valence-corrected chi connectivity index (χ2v) is 6.18. The molecule has 1 saturated carbocycles. The second-order valence-electron chi connectivity index (χ2n) is 5.79. The van der Waals surface area contributed by atoms with Gasteiger partial charge in [0.2, 0.25) is 0 Å². The summed E-state index contributed by atoms with van der Waals surface area (Å²) in [7, 11) is 0. The molecule has 0 bridgehead atoms. The first-order valence-electron chi connectivity index (χ1n) is 7.32. The molecule has 2 fully saturated rings. The van der Waals surface area contributed by atoms with Crippen molar-refractivity contribution in [2.24, 2.45) is 5.92 Å². The Labute approximate surface area is 123 Å². The van der Waals surface area contributed by atoms with Gasteiger partial charge in [0, 0.05) is 12.6 Å². The molecule has 0 amide bonds. The summed E-state index contributed by atoms with van der Waals surface area (Å²) in [5, 5.41) is 9.41. The van der Waals surface area contributed by atoms with Crippen LogP contribution in [0.4, 0.5) is 5.82 Å². The molecule has 0 aromatic carbocycles. The highest BCUT2D eigenvalue weighted by Gasteiger charge is 2.34. The van der Waals surface area contributed by atoms with E-state index in [1.54, 1.807) is 6.07 Å². The maximum Gasteiger partial charge on any atom is 0.335 e. The summed E-state index contributed by atoms with van der Waals surface area (Å²) >= 11 is 5.98. The molecule has 20 heavy (non-hydrogen) atoms. The van der Waals surface area contributed by atoms with Crippen LogP contribution < -0.4 is 4.90 Å². The molecule has 1 N–H and O–H groups in total. The number of anilines is 1. The van der Waals surface area contributed by atoms with Gasteiger partial charge in [-0.3, -0.25) is 0 Å². The molecule has 2 aliphatic rings. The zero-order chi connectivity index (χ0) is 14.1. The van der Waals surface area contributed by atoms with E-state index in [2.05, 4.69) is 9.88 Å². The van der Waals surface area contributed by atoms with Crippen molar-refractivity contribution >= 4 is 23.4 Å². The van der Waals surface area contributed by atoms with Gasteiger partial charge < -0.3 is 10.0 Å². The molecule has 3 rings (SSSR count). The van der Waals surface area contributed by atoms with Crippen LogP contribution in [0.3, 0.4) is 0 Å². The van der Waals surface area contributed by atoms with Gasteiger partial charge >= 0.3 is 5.97 Å². The van der Waals surface area contributed by atoms with E-state index in [0.717, 1.165) is 24.7 Å². The van der Waals surface area contributed by atoms with Gasteiger partial charge in [-0.15, -0.1) is 0 Å². The van der Waals surface area contributed by atoms with Crippen LogP contribution in [-0.2, 0) is 0 Å². The zero-order valence-electron chi connectivity index (χ0n) is 11.4. The van der Waals surface area contributed by atoms with E-state index >= 15 is 0 Å². The topological polar surface area (TPSA) is 53.4 Å². The number of rotatable bonds is 3. The molecule has 1 aromatic rings. The standard InChI is InChI=1S/C15H19ClN2O2/c16-13-8-11(15(19)20)9-14(17-13)18-7-3-6-12(18)10-4-1-2-5-10/h8-10,12H,1-7H2,(H,19,20). The van der Waals surface area contributed by atoms with Gasteiger partial charge in [-0.05, 0) is 43.7 Å². The molecule has 1 saturated heterocycles. The van der Waals surface area contributed by atoms with Crippen molar-refractivity contribution in [2.75, 3.05) is 11.4 Å². The van der Waals surface area contributed by atoms with Crippen molar-refractivity contribution in [3.05, 3.63) is 22.8 Å². The second kappa shape index (κ2) is 5.60. The highest BCUT2D eigenvalue weighted by Crippen LogP contribution is 2.37. The molecular weight excluding hydrogens is 276 g/mol. The minimum Gasteiger partial charge on any atom is -0.478 e. The van der Waals surface area contributed by atoms with E-state index in [4.69, 9.17) is 16.7 Å².